The molecule has 0 fully saturated rings. The summed E-state index contributed by atoms with van der Waals surface area (Å²) in [5, 5.41) is 2.53. The van der Waals surface area contributed by atoms with Gasteiger partial charge in [-0.3, -0.25) is 5.32 Å². The lowest BCUT2D eigenvalue weighted by Gasteiger charge is -2.36. The summed E-state index contributed by atoms with van der Waals surface area (Å²) in [4.78, 5) is 41.2. The van der Waals surface area contributed by atoms with E-state index in [0.29, 0.717) is 17.7 Å². The summed E-state index contributed by atoms with van der Waals surface area (Å²) in [5.41, 5.74) is 1.89. The second-order valence-corrected chi connectivity index (χ2v) is 16.5. The molecular formula is C35H40Cl2N6O5S. The molecule has 1 unspecified atom stereocenters. The topological polar surface area (TPSA) is 142 Å². The van der Waals surface area contributed by atoms with Crippen molar-refractivity contribution in [3.8, 4) is 11.3 Å². The molecular weight excluding hydrogens is 687 g/mol. The van der Waals surface area contributed by atoms with E-state index in [2.05, 4.69) is 27.2 Å². The monoisotopic (exact) mass is 726 g/mol. The van der Waals surface area contributed by atoms with Gasteiger partial charge in [0, 0.05) is 34.7 Å². The number of aryl methyl sites for hydroxylation is 1. The second kappa shape index (κ2) is 13.9. The fourth-order valence-corrected chi connectivity index (χ4v) is 6.87. The molecule has 1 amide bonds. The van der Waals surface area contributed by atoms with Crippen molar-refractivity contribution in [3.63, 3.8) is 0 Å². The molecule has 2 aliphatic rings. The van der Waals surface area contributed by atoms with Gasteiger partial charge in [0.2, 0.25) is 0 Å². The number of carbonyl (C=O) groups excluding carboxylic acids is 2. The van der Waals surface area contributed by atoms with Crippen LogP contribution in [0.25, 0.3) is 11.3 Å². The third-order valence-corrected chi connectivity index (χ3v) is 10.2. The summed E-state index contributed by atoms with van der Waals surface area (Å²) in [6.45, 7) is 14.6. The number of benzene rings is 1. The van der Waals surface area contributed by atoms with Gasteiger partial charge in [0.1, 0.15) is 16.2 Å². The molecule has 2 N–H and O–H groups in total. The van der Waals surface area contributed by atoms with Crippen molar-refractivity contribution in [3.05, 3.63) is 87.6 Å². The van der Waals surface area contributed by atoms with Crippen molar-refractivity contribution in [2.45, 2.75) is 78.2 Å². The zero-order valence-electron chi connectivity index (χ0n) is 28.7. The number of esters is 1. The fourth-order valence-electron chi connectivity index (χ4n) is 5.57. The predicted octanol–water partition coefficient (Wildman–Crippen LogP) is 7.86. The molecule has 0 radical (unpaired) electrons. The summed E-state index contributed by atoms with van der Waals surface area (Å²) < 4.78 is 27.0. The minimum Gasteiger partial charge on any atom is -0.598 e. The number of carbonyl (C=O) groups is 2. The van der Waals surface area contributed by atoms with Crippen LogP contribution in [0.4, 0.5) is 16.4 Å². The molecule has 0 bridgehead atoms. The number of halogens is 2. The standard InChI is InChI=1S/C35H40Cl2N6O5S/c1-9-47-31(44)27-30(38-20(2)26(41-27)23-18-24(39-29(37)25(23)36)40-32(45)48-33(3,4)5)43-16-14-35(15-17-43)19-21-12-10-11-13-22(21)28(35)42-49(46)34(6,7)8/h10-18,28,42H,9,19H2,1-8H3,(H,39,40,45)/t28-,49?/m1/s1. The molecule has 11 nitrogen and oxygen atoms in total. The maximum atomic E-state index is 13.4. The van der Waals surface area contributed by atoms with Crippen molar-refractivity contribution in [2.24, 2.45) is 5.41 Å². The Bertz CT molecular complexity index is 1820. The fraction of sp³-hybridized carbons (Fsp3) is 0.400. The smallest absolute Gasteiger partial charge is 0.413 e. The highest BCUT2D eigenvalue weighted by Gasteiger charge is 2.47. The molecule has 1 aliphatic heterocycles. The van der Waals surface area contributed by atoms with E-state index in [1.54, 1.807) is 39.5 Å². The van der Waals surface area contributed by atoms with Crippen LogP contribution < -0.4 is 14.9 Å². The maximum Gasteiger partial charge on any atom is 0.413 e. The molecule has 2 aromatic heterocycles. The number of nitrogens with zero attached hydrogens (tertiary/aromatic N) is 4. The Morgan fingerprint density at radius 3 is 2.39 bits per heavy atom. The lowest BCUT2D eigenvalue weighted by Crippen LogP contribution is -2.45. The van der Waals surface area contributed by atoms with E-state index in [-0.39, 0.29) is 45.8 Å². The summed E-state index contributed by atoms with van der Waals surface area (Å²) in [7, 11) is 0. The summed E-state index contributed by atoms with van der Waals surface area (Å²) >= 11 is 11.7. The molecule has 2 atom stereocenters. The number of aromatic nitrogens is 3. The Kier molecular flexibility index (Phi) is 10.4. The highest BCUT2D eigenvalue weighted by atomic mass is 35.5. The maximum absolute atomic E-state index is 13.4. The SMILES string of the molecule is CCOC(=O)c1nc(-c2cc(NC(=O)OC(C)(C)C)nc(Cl)c2Cl)c(C)nc1N1C=CC2(C=C1)Cc1ccccc1[C@H]2N[S+]([O-])C(C)(C)C. The summed E-state index contributed by atoms with van der Waals surface area (Å²) in [5.74, 6) is -0.379. The quantitative estimate of drug-likeness (QED) is 0.140. The van der Waals surface area contributed by atoms with E-state index in [0.717, 1.165) is 11.1 Å². The number of fused-ring (bicyclic) bond motifs is 1. The van der Waals surface area contributed by atoms with Gasteiger partial charge in [-0.05, 0) is 79.0 Å². The predicted molar refractivity (Wildman–Crippen MR) is 193 cm³/mol. The van der Waals surface area contributed by atoms with Crippen LogP contribution in [0.1, 0.15) is 81.8 Å². The van der Waals surface area contributed by atoms with Gasteiger partial charge in [-0.15, -0.1) is 4.72 Å². The zero-order chi connectivity index (χ0) is 35.9. The average molecular weight is 728 g/mol. The van der Waals surface area contributed by atoms with E-state index in [4.69, 9.17) is 42.6 Å². The molecule has 49 heavy (non-hydrogen) atoms. The van der Waals surface area contributed by atoms with E-state index in [1.807, 2.05) is 57.5 Å². The highest BCUT2D eigenvalue weighted by molar-refractivity contribution is 7.90. The number of pyridine rings is 1. The molecule has 1 aromatic carbocycles. The van der Waals surface area contributed by atoms with Crippen LogP contribution in [0.5, 0.6) is 0 Å². The zero-order valence-corrected chi connectivity index (χ0v) is 31.0. The molecule has 0 saturated heterocycles. The molecule has 260 valence electrons. The Labute approximate surface area is 299 Å². The van der Waals surface area contributed by atoms with Crippen molar-refractivity contribution in [2.75, 3.05) is 16.8 Å². The first-order chi connectivity index (χ1) is 22.9. The summed E-state index contributed by atoms with van der Waals surface area (Å²) in [6, 6.07) is 9.37. The molecule has 0 saturated carbocycles. The van der Waals surface area contributed by atoms with Crippen LogP contribution in [-0.2, 0) is 27.3 Å². The van der Waals surface area contributed by atoms with Crippen LogP contribution in [0.3, 0.4) is 0 Å². The molecule has 14 heteroatoms. The van der Waals surface area contributed by atoms with E-state index in [1.165, 1.54) is 6.07 Å². The number of hydrogen-bond donors (Lipinski definition) is 2. The molecule has 5 rings (SSSR count). The number of anilines is 2. The van der Waals surface area contributed by atoms with E-state index < -0.39 is 39.2 Å². The number of ether oxygens (including phenoxy) is 2. The highest BCUT2D eigenvalue weighted by Crippen LogP contribution is 2.50. The third kappa shape index (κ3) is 7.89. The van der Waals surface area contributed by atoms with Crippen molar-refractivity contribution >= 4 is 58.3 Å². The first-order valence-corrected chi connectivity index (χ1v) is 17.7. The van der Waals surface area contributed by atoms with Gasteiger partial charge >= 0.3 is 12.1 Å². The van der Waals surface area contributed by atoms with Gasteiger partial charge in [0.05, 0.1) is 29.1 Å². The number of hydrogen-bond acceptors (Lipinski definition) is 10. The Morgan fingerprint density at radius 1 is 1.08 bits per heavy atom. The van der Waals surface area contributed by atoms with E-state index in [9.17, 15) is 14.1 Å². The van der Waals surface area contributed by atoms with Crippen LogP contribution in [0.2, 0.25) is 10.2 Å². The Balaban J connectivity index is 1.53. The van der Waals surface area contributed by atoms with Crippen LogP contribution in [-0.4, -0.2) is 48.5 Å². The minimum absolute atomic E-state index is 0.0584. The summed E-state index contributed by atoms with van der Waals surface area (Å²) in [6.07, 6.45) is 7.72. The number of nitrogens with one attached hydrogen (secondary N) is 2. The first-order valence-electron chi connectivity index (χ1n) is 15.8. The van der Waals surface area contributed by atoms with Gasteiger partial charge in [-0.2, -0.15) is 0 Å². The molecule has 3 aromatic rings. The van der Waals surface area contributed by atoms with Gasteiger partial charge in [-0.1, -0.05) is 59.6 Å². The third-order valence-electron chi connectivity index (χ3n) is 7.84. The van der Waals surface area contributed by atoms with E-state index >= 15 is 0 Å². The second-order valence-electron chi connectivity index (χ2n) is 13.8. The lowest BCUT2D eigenvalue weighted by molar-refractivity contribution is 0.0519. The average Bonchev–Trinajstić information content (AvgIpc) is 3.30. The van der Waals surface area contributed by atoms with Crippen molar-refractivity contribution in [1.29, 1.82) is 0 Å². The number of rotatable bonds is 7. The van der Waals surface area contributed by atoms with Crippen LogP contribution in [0.15, 0.2) is 54.9 Å². The Hall–Kier alpha value is -3.68. The van der Waals surface area contributed by atoms with Crippen molar-refractivity contribution in [1.82, 2.24) is 19.7 Å². The molecule has 1 spiro atoms. The first kappa shape index (κ1) is 36.6. The molecule has 1 aliphatic carbocycles. The number of amides is 1. The largest absolute Gasteiger partial charge is 0.598 e. The van der Waals surface area contributed by atoms with Gasteiger partial charge in [-0.25, -0.2) is 24.5 Å². The van der Waals surface area contributed by atoms with Gasteiger partial charge in [0.15, 0.2) is 16.7 Å². The van der Waals surface area contributed by atoms with Gasteiger partial charge in [0.25, 0.3) is 0 Å². The van der Waals surface area contributed by atoms with Crippen molar-refractivity contribution < 1.29 is 23.6 Å². The van der Waals surface area contributed by atoms with Gasteiger partial charge < -0.3 is 18.9 Å². The molecule has 3 heterocycles. The van der Waals surface area contributed by atoms with Crippen LogP contribution >= 0.6 is 23.2 Å². The normalized spacial score (nSPS) is 17.2. The van der Waals surface area contributed by atoms with Crippen LogP contribution in [0, 0.1) is 12.3 Å². The minimum atomic E-state index is -1.33. The lowest BCUT2D eigenvalue weighted by atomic mass is 9.80. The Morgan fingerprint density at radius 2 is 1.76 bits per heavy atom.